The maximum absolute atomic E-state index is 12.7. The van der Waals surface area contributed by atoms with E-state index < -0.39 is 10.8 Å². The Morgan fingerprint density at radius 3 is 2.41 bits per heavy atom. The summed E-state index contributed by atoms with van der Waals surface area (Å²) in [5.41, 5.74) is 2.34. The van der Waals surface area contributed by atoms with Gasteiger partial charge in [-0.25, -0.2) is 4.98 Å². The Labute approximate surface area is 171 Å². The first kappa shape index (κ1) is 20.3. The van der Waals surface area contributed by atoms with Crippen LogP contribution in [0.3, 0.4) is 0 Å². The number of aromatic nitrogens is 1. The molecule has 0 saturated carbocycles. The van der Waals surface area contributed by atoms with E-state index in [4.69, 9.17) is 9.47 Å². The first-order chi connectivity index (χ1) is 14.0. The van der Waals surface area contributed by atoms with Gasteiger partial charge in [0.2, 0.25) is 0 Å². The number of rotatable bonds is 7. The van der Waals surface area contributed by atoms with Gasteiger partial charge in [0.15, 0.2) is 16.6 Å². The quantitative estimate of drug-likeness (QED) is 0.450. The normalized spacial score (nSPS) is 10.4. The lowest BCUT2D eigenvalue weighted by Gasteiger charge is -2.10. The van der Waals surface area contributed by atoms with Crippen LogP contribution in [-0.2, 0) is 6.42 Å². The van der Waals surface area contributed by atoms with E-state index in [1.54, 1.807) is 0 Å². The molecule has 1 heterocycles. The summed E-state index contributed by atoms with van der Waals surface area (Å²) >= 11 is 1.24. The molecule has 1 aromatic heterocycles. The Kier molecular flexibility index (Phi) is 6.08. The van der Waals surface area contributed by atoms with Crippen LogP contribution >= 0.6 is 11.3 Å². The smallest absolute Gasteiger partial charge is 0.286 e. The summed E-state index contributed by atoms with van der Waals surface area (Å²) < 4.78 is 10.2. The molecule has 3 aromatic rings. The van der Waals surface area contributed by atoms with E-state index in [1.165, 1.54) is 37.2 Å². The van der Waals surface area contributed by atoms with Crippen LogP contribution in [0.2, 0.25) is 0 Å². The zero-order valence-electron chi connectivity index (χ0n) is 16.1. The number of methoxy groups -OCH3 is 2. The number of thiazole rings is 1. The van der Waals surface area contributed by atoms with Crippen molar-refractivity contribution in [3.8, 4) is 22.8 Å². The lowest BCUT2D eigenvalue weighted by molar-refractivity contribution is -0.385. The number of aryl methyl sites for hydroxylation is 1. The van der Waals surface area contributed by atoms with Crippen molar-refractivity contribution in [1.82, 2.24) is 4.98 Å². The Morgan fingerprint density at radius 1 is 1.17 bits per heavy atom. The molecule has 29 heavy (non-hydrogen) atoms. The minimum Gasteiger partial charge on any atom is -0.493 e. The number of amides is 1. The van der Waals surface area contributed by atoms with Gasteiger partial charge in [0.1, 0.15) is 5.56 Å². The molecule has 0 fully saturated rings. The van der Waals surface area contributed by atoms with Crippen LogP contribution < -0.4 is 14.8 Å². The molecule has 0 unspecified atom stereocenters. The highest BCUT2D eigenvalue weighted by molar-refractivity contribution is 7.14. The zero-order chi connectivity index (χ0) is 21.0. The number of benzene rings is 2. The molecular formula is C20H19N3O5S. The maximum atomic E-state index is 12.7. The van der Waals surface area contributed by atoms with Gasteiger partial charge in [-0.15, -0.1) is 11.3 Å². The minimum atomic E-state index is -0.653. The SMILES string of the molecule is CCc1ccc(-c2csc(NC(=O)c3cc(OC)c(OC)cc3[N+](=O)[O-])n2)cc1. The van der Waals surface area contributed by atoms with E-state index in [2.05, 4.69) is 17.2 Å². The molecule has 150 valence electrons. The number of nitrogens with zero attached hydrogens (tertiary/aromatic N) is 2. The van der Waals surface area contributed by atoms with Crippen LogP contribution in [0.15, 0.2) is 41.8 Å². The summed E-state index contributed by atoms with van der Waals surface area (Å²) in [5.74, 6) is -0.262. The molecule has 0 aliphatic rings. The summed E-state index contributed by atoms with van der Waals surface area (Å²) in [6.45, 7) is 2.08. The molecule has 1 amide bonds. The van der Waals surface area contributed by atoms with Crippen molar-refractivity contribution in [3.05, 3.63) is 63.0 Å². The molecule has 0 spiro atoms. The van der Waals surface area contributed by atoms with Gasteiger partial charge in [-0.3, -0.25) is 20.2 Å². The maximum Gasteiger partial charge on any atom is 0.286 e. The van der Waals surface area contributed by atoms with Crippen LogP contribution in [0, 0.1) is 10.1 Å². The highest BCUT2D eigenvalue weighted by Crippen LogP contribution is 2.35. The second kappa shape index (κ2) is 8.70. The Morgan fingerprint density at radius 2 is 1.83 bits per heavy atom. The highest BCUT2D eigenvalue weighted by Gasteiger charge is 2.25. The van der Waals surface area contributed by atoms with Crippen molar-refractivity contribution in [2.45, 2.75) is 13.3 Å². The van der Waals surface area contributed by atoms with E-state index >= 15 is 0 Å². The number of nitro benzene ring substituents is 1. The van der Waals surface area contributed by atoms with Crippen LogP contribution in [-0.4, -0.2) is 30.0 Å². The third kappa shape index (κ3) is 4.35. The number of anilines is 1. The van der Waals surface area contributed by atoms with Gasteiger partial charge in [-0.1, -0.05) is 31.2 Å². The Hall–Kier alpha value is -3.46. The van der Waals surface area contributed by atoms with Gasteiger partial charge in [0, 0.05) is 17.0 Å². The largest absolute Gasteiger partial charge is 0.493 e. The van der Waals surface area contributed by atoms with E-state index in [0.29, 0.717) is 5.13 Å². The van der Waals surface area contributed by atoms with Crippen LogP contribution in [0.5, 0.6) is 11.5 Å². The molecule has 3 rings (SSSR count). The first-order valence-electron chi connectivity index (χ1n) is 8.73. The number of carbonyl (C=O) groups excluding carboxylic acids is 1. The number of carbonyl (C=O) groups is 1. The third-order valence-electron chi connectivity index (χ3n) is 4.33. The second-order valence-electron chi connectivity index (χ2n) is 6.02. The molecule has 8 nitrogen and oxygen atoms in total. The number of ether oxygens (including phenoxy) is 2. The number of hydrogen-bond acceptors (Lipinski definition) is 7. The van der Waals surface area contributed by atoms with E-state index in [1.807, 2.05) is 29.6 Å². The predicted molar refractivity (Wildman–Crippen MR) is 111 cm³/mol. The third-order valence-corrected chi connectivity index (χ3v) is 5.08. The van der Waals surface area contributed by atoms with Crippen molar-refractivity contribution >= 4 is 28.1 Å². The first-order valence-corrected chi connectivity index (χ1v) is 9.61. The average Bonchev–Trinajstić information content (AvgIpc) is 3.20. The molecule has 0 aliphatic heterocycles. The number of nitrogens with one attached hydrogen (secondary N) is 1. The van der Waals surface area contributed by atoms with Gasteiger partial charge in [0.25, 0.3) is 11.6 Å². The fourth-order valence-electron chi connectivity index (χ4n) is 2.74. The van der Waals surface area contributed by atoms with Crippen LogP contribution in [0.25, 0.3) is 11.3 Å². The van der Waals surface area contributed by atoms with Gasteiger partial charge < -0.3 is 9.47 Å². The summed E-state index contributed by atoms with van der Waals surface area (Å²) in [5, 5.41) is 16.2. The molecule has 1 N–H and O–H groups in total. The topological polar surface area (TPSA) is 104 Å². The van der Waals surface area contributed by atoms with Gasteiger partial charge in [-0.05, 0) is 12.0 Å². The van der Waals surface area contributed by atoms with E-state index in [0.717, 1.165) is 23.7 Å². The van der Waals surface area contributed by atoms with Crippen molar-refractivity contribution in [3.63, 3.8) is 0 Å². The average molecular weight is 413 g/mol. The summed E-state index contributed by atoms with van der Waals surface area (Å²) in [6, 6.07) is 10.4. The predicted octanol–water partition coefficient (Wildman–Crippen LogP) is 4.55. The zero-order valence-corrected chi connectivity index (χ0v) is 16.9. The van der Waals surface area contributed by atoms with Crippen LogP contribution in [0.1, 0.15) is 22.8 Å². The fraction of sp³-hybridized carbons (Fsp3) is 0.200. The molecule has 2 aromatic carbocycles. The van der Waals surface area contributed by atoms with Crippen molar-refractivity contribution < 1.29 is 19.2 Å². The number of hydrogen-bond donors (Lipinski definition) is 1. The Bertz CT molecular complexity index is 1050. The van der Waals surface area contributed by atoms with Crippen molar-refractivity contribution in [2.75, 3.05) is 19.5 Å². The Balaban J connectivity index is 1.87. The molecule has 0 radical (unpaired) electrons. The van der Waals surface area contributed by atoms with Gasteiger partial charge >= 0.3 is 0 Å². The summed E-state index contributed by atoms with van der Waals surface area (Å²) in [6.07, 6.45) is 0.947. The van der Waals surface area contributed by atoms with Gasteiger partial charge in [-0.2, -0.15) is 0 Å². The number of nitro groups is 1. The summed E-state index contributed by atoms with van der Waals surface area (Å²) in [4.78, 5) is 27.9. The lowest BCUT2D eigenvalue weighted by Crippen LogP contribution is -2.14. The second-order valence-corrected chi connectivity index (χ2v) is 6.88. The monoisotopic (exact) mass is 413 g/mol. The molecular weight excluding hydrogens is 394 g/mol. The minimum absolute atomic E-state index is 0.142. The summed E-state index contributed by atoms with van der Waals surface area (Å²) in [7, 11) is 2.76. The standard InChI is InChI=1S/C20H19N3O5S/c1-4-12-5-7-13(8-6-12)15-11-29-20(21-15)22-19(24)14-9-17(27-2)18(28-3)10-16(14)23(25)26/h5-11H,4H2,1-3H3,(H,21,22,24). The highest BCUT2D eigenvalue weighted by atomic mass is 32.1. The van der Waals surface area contributed by atoms with E-state index in [9.17, 15) is 14.9 Å². The fourth-order valence-corrected chi connectivity index (χ4v) is 3.46. The molecule has 0 saturated heterocycles. The molecule has 0 aliphatic carbocycles. The van der Waals surface area contributed by atoms with E-state index in [-0.39, 0.29) is 22.7 Å². The lowest BCUT2D eigenvalue weighted by atomic mass is 10.1. The molecule has 0 bridgehead atoms. The molecule has 0 atom stereocenters. The molecule has 9 heteroatoms. The van der Waals surface area contributed by atoms with Gasteiger partial charge in [0.05, 0.1) is 30.9 Å². The van der Waals surface area contributed by atoms with Crippen molar-refractivity contribution in [1.29, 1.82) is 0 Å². The van der Waals surface area contributed by atoms with Crippen molar-refractivity contribution in [2.24, 2.45) is 0 Å². The van der Waals surface area contributed by atoms with Crippen LogP contribution in [0.4, 0.5) is 10.8 Å².